The highest BCUT2D eigenvalue weighted by Gasteiger charge is 2.48. The molecule has 0 bridgehead atoms. The number of nitrogens with zero attached hydrogens (tertiary/aromatic N) is 2. The molecule has 0 radical (unpaired) electrons. The molecule has 0 spiro atoms. The molecule has 9 heteroatoms. The van der Waals surface area contributed by atoms with Gasteiger partial charge in [-0.05, 0) is 66.6 Å². The predicted molar refractivity (Wildman–Crippen MR) is 151 cm³/mol. The Balaban J connectivity index is 1.70. The van der Waals surface area contributed by atoms with Crippen LogP contribution < -0.4 is 19.1 Å². The van der Waals surface area contributed by atoms with E-state index in [1.807, 2.05) is 13.0 Å². The SMILES string of the molecule is C=CCOc1cccc(C2C(=C(O)c3ccc(OC)c(C)c3)C(=O)C(=O)N2c2nc3ccc(OC)cc3s2)c1. The van der Waals surface area contributed by atoms with Crippen LogP contribution in [0.25, 0.3) is 16.0 Å². The number of carbonyl (C=O) groups excluding carboxylic acids is 2. The van der Waals surface area contributed by atoms with Crippen molar-refractivity contribution >= 4 is 44.1 Å². The van der Waals surface area contributed by atoms with Crippen LogP contribution in [0.5, 0.6) is 17.2 Å². The van der Waals surface area contributed by atoms with Crippen molar-refractivity contribution < 1.29 is 28.9 Å². The van der Waals surface area contributed by atoms with Crippen molar-refractivity contribution in [3.63, 3.8) is 0 Å². The topological polar surface area (TPSA) is 98.2 Å². The van der Waals surface area contributed by atoms with Gasteiger partial charge < -0.3 is 19.3 Å². The van der Waals surface area contributed by atoms with Gasteiger partial charge in [0.2, 0.25) is 0 Å². The molecular formula is C30H26N2O6S. The first kappa shape index (κ1) is 26.0. The fourth-order valence-electron chi connectivity index (χ4n) is 4.58. The molecule has 5 rings (SSSR count). The molecule has 3 aromatic carbocycles. The van der Waals surface area contributed by atoms with Crippen LogP contribution in [-0.4, -0.2) is 42.6 Å². The molecule has 8 nitrogen and oxygen atoms in total. The van der Waals surface area contributed by atoms with Gasteiger partial charge in [-0.15, -0.1) is 0 Å². The van der Waals surface area contributed by atoms with Crippen LogP contribution >= 0.6 is 11.3 Å². The van der Waals surface area contributed by atoms with Crippen molar-refractivity contribution in [2.75, 3.05) is 25.7 Å². The van der Waals surface area contributed by atoms with Crippen molar-refractivity contribution in [2.45, 2.75) is 13.0 Å². The van der Waals surface area contributed by atoms with E-state index >= 15 is 0 Å². The Morgan fingerprint density at radius 2 is 1.90 bits per heavy atom. The summed E-state index contributed by atoms with van der Waals surface area (Å²) in [7, 11) is 3.13. The van der Waals surface area contributed by atoms with Crippen LogP contribution in [0.1, 0.15) is 22.7 Å². The zero-order valence-electron chi connectivity index (χ0n) is 21.6. The van der Waals surface area contributed by atoms with E-state index in [0.29, 0.717) is 39.0 Å². The van der Waals surface area contributed by atoms with E-state index in [4.69, 9.17) is 14.2 Å². The number of methoxy groups -OCH3 is 2. The maximum absolute atomic E-state index is 13.6. The first-order chi connectivity index (χ1) is 18.9. The lowest BCUT2D eigenvalue weighted by atomic mass is 9.94. The number of aryl methyl sites for hydroxylation is 1. The van der Waals surface area contributed by atoms with Crippen LogP contribution in [0.3, 0.4) is 0 Å². The summed E-state index contributed by atoms with van der Waals surface area (Å²) < 4.78 is 17.2. The Kier molecular flexibility index (Phi) is 7.08. The Bertz CT molecular complexity index is 1640. The minimum absolute atomic E-state index is 0.0396. The van der Waals surface area contributed by atoms with Crippen molar-refractivity contribution in [1.29, 1.82) is 0 Å². The number of hydrogen-bond donors (Lipinski definition) is 1. The summed E-state index contributed by atoms with van der Waals surface area (Å²) in [6.45, 7) is 5.80. The number of hydrogen-bond acceptors (Lipinski definition) is 8. The number of thiazole rings is 1. The number of rotatable bonds is 8. The first-order valence-electron chi connectivity index (χ1n) is 12.1. The molecule has 198 valence electrons. The average molecular weight is 543 g/mol. The summed E-state index contributed by atoms with van der Waals surface area (Å²) in [5, 5.41) is 11.8. The summed E-state index contributed by atoms with van der Waals surface area (Å²) in [4.78, 5) is 33.1. The van der Waals surface area contributed by atoms with E-state index in [1.165, 1.54) is 16.2 Å². The van der Waals surface area contributed by atoms with Gasteiger partial charge in [0.1, 0.15) is 29.6 Å². The first-order valence-corrected chi connectivity index (χ1v) is 12.9. The van der Waals surface area contributed by atoms with Gasteiger partial charge in [0.25, 0.3) is 5.78 Å². The number of ketones is 1. The molecule has 1 aliphatic heterocycles. The number of aliphatic hydroxyl groups excluding tert-OH is 1. The number of aliphatic hydroxyl groups is 1. The van der Waals surface area contributed by atoms with E-state index in [1.54, 1.807) is 74.9 Å². The highest BCUT2D eigenvalue weighted by molar-refractivity contribution is 7.22. The Labute approximate surface area is 229 Å². The van der Waals surface area contributed by atoms with Gasteiger partial charge in [-0.3, -0.25) is 14.5 Å². The minimum atomic E-state index is -0.942. The van der Waals surface area contributed by atoms with Crippen LogP contribution in [0.15, 0.2) is 78.9 Å². The number of Topliss-reactive ketones (excluding diaryl/α,β-unsaturated/α-hetero) is 1. The zero-order chi connectivity index (χ0) is 27.7. The molecule has 1 aliphatic rings. The predicted octanol–water partition coefficient (Wildman–Crippen LogP) is 5.81. The smallest absolute Gasteiger partial charge is 0.301 e. The number of aromatic nitrogens is 1. The van der Waals surface area contributed by atoms with Crippen molar-refractivity contribution in [3.05, 3.63) is 95.6 Å². The third-order valence-corrected chi connectivity index (χ3v) is 7.46. The van der Waals surface area contributed by atoms with E-state index in [-0.39, 0.29) is 17.9 Å². The Morgan fingerprint density at radius 3 is 2.62 bits per heavy atom. The molecule has 1 N–H and O–H groups in total. The van der Waals surface area contributed by atoms with E-state index < -0.39 is 17.7 Å². The Morgan fingerprint density at radius 1 is 1.08 bits per heavy atom. The standard InChI is InChI=1S/C30H26N2O6S/c1-5-13-38-21-8-6-7-18(15-21)26-25(27(33)19-9-12-23(37-4)17(2)14-19)28(34)29(35)32(26)30-31-22-11-10-20(36-3)16-24(22)39-30/h5-12,14-16,26,33H,1,13H2,2-4H3. The van der Waals surface area contributed by atoms with Gasteiger partial charge in [0.05, 0.1) is 36.1 Å². The van der Waals surface area contributed by atoms with Crippen LogP contribution in [-0.2, 0) is 9.59 Å². The van der Waals surface area contributed by atoms with Crippen LogP contribution in [0.2, 0.25) is 0 Å². The van der Waals surface area contributed by atoms with Gasteiger partial charge in [-0.25, -0.2) is 4.98 Å². The summed E-state index contributed by atoms with van der Waals surface area (Å²) >= 11 is 1.26. The fraction of sp³-hybridized carbons (Fsp3) is 0.167. The average Bonchev–Trinajstić information content (AvgIpc) is 3.48. The monoisotopic (exact) mass is 542 g/mol. The van der Waals surface area contributed by atoms with Gasteiger partial charge >= 0.3 is 5.91 Å². The van der Waals surface area contributed by atoms with Gasteiger partial charge in [0.15, 0.2) is 5.13 Å². The fourth-order valence-corrected chi connectivity index (χ4v) is 5.60. The highest BCUT2D eigenvalue weighted by Crippen LogP contribution is 2.45. The number of benzene rings is 3. The van der Waals surface area contributed by atoms with Crippen molar-refractivity contribution in [3.8, 4) is 17.2 Å². The Hall–Kier alpha value is -4.63. The van der Waals surface area contributed by atoms with Crippen LogP contribution in [0, 0.1) is 6.92 Å². The van der Waals surface area contributed by atoms with E-state index in [2.05, 4.69) is 11.6 Å². The lowest BCUT2D eigenvalue weighted by Crippen LogP contribution is -2.29. The molecule has 0 aliphatic carbocycles. The molecular weight excluding hydrogens is 516 g/mol. The lowest BCUT2D eigenvalue weighted by molar-refractivity contribution is -0.132. The third-order valence-electron chi connectivity index (χ3n) is 6.44. The normalized spacial score (nSPS) is 16.5. The second kappa shape index (κ2) is 10.6. The van der Waals surface area contributed by atoms with Crippen molar-refractivity contribution in [1.82, 2.24) is 4.98 Å². The van der Waals surface area contributed by atoms with E-state index in [9.17, 15) is 14.7 Å². The maximum Gasteiger partial charge on any atom is 0.301 e. The molecule has 39 heavy (non-hydrogen) atoms. The quantitative estimate of drug-likeness (QED) is 0.130. The number of anilines is 1. The summed E-state index contributed by atoms with van der Waals surface area (Å²) in [5.74, 6) is -0.0478. The molecule has 1 atom stereocenters. The number of amides is 1. The lowest BCUT2D eigenvalue weighted by Gasteiger charge is -2.23. The summed E-state index contributed by atoms with van der Waals surface area (Å²) in [5.41, 5.74) is 2.36. The largest absolute Gasteiger partial charge is 0.507 e. The molecule has 4 aromatic rings. The molecule has 0 saturated carbocycles. The molecule has 1 amide bonds. The second-order valence-electron chi connectivity index (χ2n) is 8.86. The highest BCUT2D eigenvalue weighted by atomic mass is 32.1. The van der Waals surface area contributed by atoms with Crippen molar-refractivity contribution in [2.24, 2.45) is 0 Å². The van der Waals surface area contributed by atoms with Gasteiger partial charge in [-0.1, -0.05) is 36.1 Å². The molecule has 1 unspecified atom stereocenters. The summed E-state index contributed by atoms with van der Waals surface area (Å²) in [6, 6.07) is 16.6. The summed E-state index contributed by atoms with van der Waals surface area (Å²) in [6.07, 6.45) is 1.63. The minimum Gasteiger partial charge on any atom is -0.507 e. The van der Waals surface area contributed by atoms with Gasteiger partial charge in [0, 0.05) is 5.56 Å². The molecule has 1 fully saturated rings. The zero-order valence-corrected chi connectivity index (χ0v) is 22.5. The molecule has 1 saturated heterocycles. The van der Waals surface area contributed by atoms with E-state index in [0.717, 1.165) is 10.3 Å². The molecule has 1 aromatic heterocycles. The maximum atomic E-state index is 13.6. The second-order valence-corrected chi connectivity index (χ2v) is 9.86. The number of fused-ring (bicyclic) bond motifs is 1. The van der Waals surface area contributed by atoms with Crippen LogP contribution in [0.4, 0.5) is 5.13 Å². The van der Waals surface area contributed by atoms with Gasteiger partial charge in [-0.2, -0.15) is 0 Å². The number of carbonyl (C=O) groups is 2. The molecule has 2 heterocycles. The number of ether oxygens (including phenoxy) is 3. The third kappa shape index (κ3) is 4.72.